The molecular formula is C18H17BrCl2FNO4. The Labute approximate surface area is 174 Å². The van der Waals surface area contributed by atoms with Gasteiger partial charge >= 0.3 is 11.9 Å². The van der Waals surface area contributed by atoms with Crippen molar-refractivity contribution in [1.82, 2.24) is 5.32 Å². The number of carbonyl (C=O) groups is 2. The number of hydrogen-bond acceptors (Lipinski definition) is 5. The lowest BCUT2D eigenvalue weighted by Gasteiger charge is -2.31. The highest BCUT2D eigenvalue weighted by atomic mass is 79.9. The van der Waals surface area contributed by atoms with Gasteiger partial charge in [-0.05, 0) is 18.6 Å². The van der Waals surface area contributed by atoms with Crippen LogP contribution in [0.3, 0.4) is 0 Å². The first kappa shape index (κ1) is 21.7. The quantitative estimate of drug-likeness (QED) is 0.486. The second-order valence-electron chi connectivity index (χ2n) is 5.46. The topological polar surface area (TPSA) is 64.6 Å². The van der Waals surface area contributed by atoms with Gasteiger partial charge in [-0.1, -0.05) is 51.3 Å². The second-order valence-corrected chi connectivity index (χ2v) is 6.81. The molecule has 0 saturated carbocycles. The number of nitrogens with one attached hydrogen (secondary N) is 1. The van der Waals surface area contributed by atoms with Crippen molar-refractivity contribution in [1.29, 1.82) is 0 Å². The third-order valence-corrected chi connectivity index (χ3v) is 5.38. The number of hydrogen-bond donors (Lipinski definition) is 1. The van der Waals surface area contributed by atoms with Gasteiger partial charge in [-0.3, -0.25) is 0 Å². The minimum atomic E-state index is -0.998. The molecule has 1 unspecified atom stereocenters. The number of allylic oxidation sites excluding steroid dienone is 2. The number of ether oxygens (including phenoxy) is 2. The highest BCUT2D eigenvalue weighted by Crippen LogP contribution is 2.43. The molecule has 1 atom stereocenters. The Kier molecular flexibility index (Phi) is 7.70. The molecule has 2 rings (SSSR count). The lowest BCUT2D eigenvalue weighted by Crippen LogP contribution is -2.35. The minimum absolute atomic E-state index is 0.00890. The predicted octanol–water partition coefficient (Wildman–Crippen LogP) is 4.29. The van der Waals surface area contributed by atoms with Gasteiger partial charge in [-0.2, -0.15) is 0 Å². The number of dihydropyridines is 1. The Morgan fingerprint density at radius 1 is 1.22 bits per heavy atom. The van der Waals surface area contributed by atoms with Gasteiger partial charge in [0, 0.05) is 11.0 Å². The second kappa shape index (κ2) is 9.57. The molecule has 0 aliphatic carbocycles. The van der Waals surface area contributed by atoms with Gasteiger partial charge in [-0.15, -0.1) is 0 Å². The highest BCUT2D eigenvalue weighted by Gasteiger charge is 2.40. The molecule has 0 spiro atoms. The van der Waals surface area contributed by atoms with Gasteiger partial charge < -0.3 is 14.8 Å². The monoisotopic (exact) mass is 479 g/mol. The summed E-state index contributed by atoms with van der Waals surface area (Å²) in [5.41, 5.74) is 0.811. The summed E-state index contributed by atoms with van der Waals surface area (Å²) in [6.07, 6.45) is 0. The van der Waals surface area contributed by atoms with Gasteiger partial charge in [-0.25, -0.2) is 14.0 Å². The third kappa shape index (κ3) is 4.31. The van der Waals surface area contributed by atoms with E-state index in [1.165, 1.54) is 7.11 Å². The molecule has 146 valence electrons. The Morgan fingerprint density at radius 2 is 1.89 bits per heavy atom. The number of benzene rings is 1. The zero-order valence-corrected chi connectivity index (χ0v) is 17.7. The first-order chi connectivity index (χ1) is 12.9. The molecule has 0 saturated heterocycles. The van der Waals surface area contributed by atoms with Crippen LogP contribution in [0.25, 0.3) is 0 Å². The van der Waals surface area contributed by atoms with Crippen LogP contribution in [0, 0.1) is 0 Å². The SMILES string of the molecule is CCOC(=O)C1=C(CBr)NC(CF)=C(C(=O)OC)C1c1cccc(Cl)c1Cl. The van der Waals surface area contributed by atoms with Crippen molar-refractivity contribution in [2.45, 2.75) is 12.8 Å². The summed E-state index contributed by atoms with van der Waals surface area (Å²) in [5.74, 6) is -2.44. The average molecular weight is 481 g/mol. The van der Waals surface area contributed by atoms with Gasteiger partial charge in [0.25, 0.3) is 0 Å². The largest absolute Gasteiger partial charge is 0.466 e. The number of methoxy groups -OCH3 is 1. The zero-order valence-electron chi connectivity index (χ0n) is 14.6. The van der Waals surface area contributed by atoms with E-state index in [1.807, 2.05) is 0 Å². The first-order valence-corrected chi connectivity index (χ1v) is 9.83. The maximum Gasteiger partial charge on any atom is 0.336 e. The Balaban J connectivity index is 2.82. The maximum atomic E-state index is 13.7. The van der Waals surface area contributed by atoms with E-state index in [2.05, 4.69) is 21.2 Å². The molecule has 0 bridgehead atoms. The Morgan fingerprint density at radius 3 is 2.44 bits per heavy atom. The molecule has 5 nitrogen and oxygen atoms in total. The smallest absolute Gasteiger partial charge is 0.336 e. The number of halogens is 4. The van der Waals surface area contributed by atoms with Crippen LogP contribution in [0.15, 0.2) is 40.7 Å². The first-order valence-electron chi connectivity index (χ1n) is 7.95. The molecular weight excluding hydrogens is 464 g/mol. The fraction of sp³-hybridized carbons (Fsp3) is 0.333. The molecule has 27 heavy (non-hydrogen) atoms. The fourth-order valence-electron chi connectivity index (χ4n) is 2.88. The van der Waals surface area contributed by atoms with E-state index < -0.39 is 24.5 Å². The van der Waals surface area contributed by atoms with Crippen molar-refractivity contribution in [2.75, 3.05) is 25.7 Å². The van der Waals surface area contributed by atoms with Crippen LogP contribution in [0.4, 0.5) is 4.39 Å². The summed E-state index contributed by atoms with van der Waals surface area (Å²) in [6, 6.07) is 4.82. The van der Waals surface area contributed by atoms with E-state index in [1.54, 1.807) is 25.1 Å². The molecule has 9 heteroatoms. The van der Waals surface area contributed by atoms with Gasteiger partial charge in [0.1, 0.15) is 6.67 Å². The van der Waals surface area contributed by atoms with Crippen LogP contribution in [0.5, 0.6) is 0 Å². The molecule has 1 aliphatic rings. The minimum Gasteiger partial charge on any atom is -0.466 e. The van der Waals surface area contributed by atoms with Crippen molar-refractivity contribution < 1.29 is 23.5 Å². The van der Waals surface area contributed by atoms with E-state index in [4.69, 9.17) is 32.7 Å². The molecule has 1 aromatic rings. The lowest BCUT2D eigenvalue weighted by molar-refractivity contribution is -0.139. The van der Waals surface area contributed by atoms with Crippen LogP contribution in [-0.2, 0) is 19.1 Å². The van der Waals surface area contributed by atoms with E-state index >= 15 is 0 Å². The van der Waals surface area contributed by atoms with Crippen molar-refractivity contribution in [3.05, 3.63) is 56.3 Å². The number of alkyl halides is 2. The van der Waals surface area contributed by atoms with Gasteiger partial charge in [0.2, 0.25) is 0 Å². The van der Waals surface area contributed by atoms with Crippen molar-refractivity contribution in [2.24, 2.45) is 0 Å². The van der Waals surface area contributed by atoms with Crippen LogP contribution in [0.2, 0.25) is 10.0 Å². The van der Waals surface area contributed by atoms with Crippen LogP contribution in [-0.4, -0.2) is 37.7 Å². The maximum absolute atomic E-state index is 13.7. The molecule has 0 fully saturated rings. The highest BCUT2D eigenvalue weighted by molar-refractivity contribution is 9.09. The van der Waals surface area contributed by atoms with E-state index in [0.29, 0.717) is 11.3 Å². The van der Waals surface area contributed by atoms with E-state index in [-0.39, 0.29) is 38.8 Å². The summed E-state index contributed by atoms with van der Waals surface area (Å²) < 4.78 is 23.7. The zero-order chi connectivity index (χ0) is 20.1. The Hall–Kier alpha value is -1.57. The molecule has 0 amide bonds. The lowest BCUT2D eigenvalue weighted by atomic mass is 9.80. The summed E-state index contributed by atoms with van der Waals surface area (Å²) in [7, 11) is 1.18. The Bertz CT molecular complexity index is 826. The summed E-state index contributed by atoms with van der Waals surface area (Å²) in [4.78, 5) is 25.2. The van der Waals surface area contributed by atoms with Gasteiger partial charge in [0.15, 0.2) is 0 Å². The molecule has 1 heterocycles. The van der Waals surface area contributed by atoms with Crippen molar-refractivity contribution in [3.63, 3.8) is 0 Å². The molecule has 1 N–H and O–H groups in total. The normalized spacial score (nSPS) is 16.9. The van der Waals surface area contributed by atoms with Crippen LogP contribution >= 0.6 is 39.1 Å². The fourth-order valence-corrected chi connectivity index (χ4v) is 3.73. The molecule has 1 aliphatic heterocycles. The summed E-state index contributed by atoms with van der Waals surface area (Å²) in [6.45, 7) is 0.820. The number of esters is 2. The third-order valence-electron chi connectivity index (χ3n) is 3.99. The standard InChI is InChI=1S/C18H17BrCl2FNO4/c1-3-27-18(25)14-11(7-19)23-12(8-22)15(17(24)26-2)13(14)9-5-4-6-10(20)16(9)21/h4-6,13,23H,3,7-8H2,1-2H3. The summed E-state index contributed by atoms with van der Waals surface area (Å²) >= 11 is 15.8. The van der Waals surface area contributed by atoms with Crippen molar-refractivity contribution in [3.8, 4) is 0 Å². The molecule has 0 radical (unpaired) electrons. The molecule has 1 aromatic carbocycles. The number of rotatable bonds is 6. The summed E-state index contributed by atoms with van der Waals surface area (Å²) in [5, 5.41) is 3.40. The van der Waals surface area contributed by atoms with Crippen LogP contribution in [0.1, 0.15) is 18.4 Å². The van der Waals surface area contributed by atoms with Crippen molar-refractivity contribution >= 4 is 51.1 Å². The average Bonchev–Trinajstić information content (AvgIpc) is 2.67. The van der Waals surface area contributed by atoms with Crippen LogP contribution < -0.4 is 5.32 Å². The van der Waals surface area contributed by atoms with E-state index in [0.717, 1.165) is 0 Å². The van der Waals surface area contributed by atoms with E-state index in [9.17, 15) is 14.0 Å². The predicted molar refractivity (Wildman–Crippen MR) is 105 cm³/mol. The number of carbonyl (C=O) groups excluding carboxylic acids is 2. The molecule has 0 aromatic heterocycles. The van der Waals surface area contributed by atoms with Gasteiger partial charge in [0.05, 0.1) is 46.5 Å².